The van der Waals surface area contributed by atoms with Crippen LogP contribution in [-0.2, 0) is 20.9 Å². The molecule has 1 aliphatic carbocycles. The number of aromatic nitrogens is 1. The van der Waals surface area contributed by atoms with Gasteiger partial charge in [-0.1, -0.05) is 48.5 Å². The molecule has 174 valence electrons. The minimum Gasteiger partial charge on any atom is -0.481 e. The molecule has 0 saturated heterocycles. The van der Waals surface area contributed by atoms with Gasteiger partial charge in [-0.2, -0.15) is 0 Å². The van der Waals surface area contributed by atoms with Crippen molar-refractivity contribution in [2.45, 2.75) is 31.3 Å². The van der Waals surface area contributed by atoms with E-state index in [0.29, 0.717) is 0 Å². The van der Waals surface area contributed by atoms with E-state index in [-0.39, 0.29) is 31.9 Å². The molecule has 1 unspecified atom stereocenters. The molecule has 4 rings (SSSR count). The number of hydrogen-bond acceptors (Lipinski definition) is 5. The van der Waals surface area contributed by atoms with Gasteiger partial charge in [-0.05, 0) is 46.4 Å². The summed E-state index contributed by atoms with van der Waals surface area (Å²) in [6.07, 6.45) is 2.13. The lowest BCUT2D eigenvalue weighted by atomic mass is 9.98. The predicted octanol–water partition coefficient (Wildman–Crippen LogP) is 3.47. The normalized spacial score (nSPS) is 12.8. The van der Waals surface area contributed by atoms with Crippen molar-refractivity contribution in [1.82, 2.24) is 15.6 Å². The van der Waals surface area contributed by atoms with Gasteiger partial charge in [0.05, 0.1) is 0 Å². The van der Waals surface area contributed by atoms with E-state index in [0.717, 1.165) is 27.8 Å². The van der Waals surface area contributed by atoms with Crippen LogP contribution in [0.4, 0.5) is 4.79 Å². The molecular weight excluding hydrogens is 434 g/mol. The van der Waals surface area contributed by atoms with Crippen LogP contribution >= 0.6 is 0 Å². The van der Waals surface area contributed by atoms with E-state index < -0.39 is 24.0 Å². The SMILES string of the molecule is O=C(O)CCC(NC(=O)OCC1c2ccccc2-c2ccccc21)C(=O)NCc1ccncc1. The van der Waals surface area contributed by atoms with Gasteiger partial charge < -0.3 is 20.5 Å². The zero-order chi connectivity index (χ0) is 23.9. The smallest absolute Gasteiger partial charge is 0.407 e. The minimum atomic E-state index is -1.05. The number of nitrogens with zero attached hydrogens (tertiary/aromatic N) is 1. The molecule has 0 spiro atoms. The third kappa shape index (κ3) is 5.40. The largest absolute Gasteiger partial charge is 0.481 e. The van der Waals surface area contributed by atoms with Crippen LogP contribution in [0.1, 0.15) is 35.4 Å². The van der Waals surface area contributed by atoms with Crippen LogP contribution in [0.5, 0.6) is 0 Å². The third-order valence-corrected chi connectivity index (χ3v) is 5.82. The van der Waals surface area contributed by atoms with Crippen molar-refractivity contribution in [1.29, 1.82) is 0 Å². The van der Waals surface area contributed by atoms with Crippen LogP contribution in [0.2, 0.25) is 0 Å². The van der Waals surface area contributed by atoms with Gasteiger partial charge in [-0.15, -0.1) is 0 Å². The molecule has 3 N–H and O–H groups in total. The lowest BCUT2D eigenvalue weighted by Crippen LogP contribution is -2.47. The average Bonchev–Trinajstić information content (AvgIpc) is 3.18. The second-order valence-corrected chi connectivity index (χ2v) is 8.03. The molecule has 3 aromatic rings. The number of ether oxygens (including phenoxy) is 1. The van der Waals surface area contributed by atoms with Crippen LogP contribution in [0.15, 0.2) is 73.1 Å². The lowest BCUT2D eigenvalue weighted by molar-refractivity contribution is -0.137. The summed E-state index contributed by atoms with van der Waals surface area (Å²) in [5, 5.41) is 14.3. The lowest BCUT2D eigenvalue weighted by Gasteiger charge is -2.19. The maximum Gasteiger partial charge on any atom is 0.407 e. The number of rotatable bonds is 9. The summed E-state index contributed by atoms with van der Waals surface area (Å²) in [6, 6.07) is 18.5. The fourth-order valence-electron chi connectivity index (χ4n) is 4.13. The Morgan fingerprint density at radius 1 is 0.941 bits per heavy atom. The highest BCUT2D eigenvalue weighted by Gasteiger charge is 2.30. The molecule has 1 heterocycles. The number of carbonyl (C=O) groups is 3. The van der Waals surface area contributed by atoms with Crippen LogP contribution in [0.3, 0.4) is 0 Å². The van der Waals surface area contributed by atoms with Crippen LogP contribution < -0.4 is 10.6 Å². The van der Waals surface area contributed by atoms with Gasteiger partial charge in [0.2, 0.25) is 5.91 Å². The summed E-state index contributed by atoms with van der Waals surface area (Å²) in [4.78, 5) is 40.2. The number of benzene rings is 2. The summed E-state index contributed by atoms with van der Waals surface area (Å²) >= 11 is 0. The number of amides is 2. The molecular formula is C26H25N3O5. The van der Waals surface area contributed by atoms with Crippen molar-refractivity contribution < 1.29 is 24.2 Å². The number of carboxylic acid groups (broad SMARTS) is 1. The quantitative estimate of drug-likeness (QED) is 0.451. The summed E-state index contributed by atoms with van der Waals surface area (Å²) in [7, 11) is 0. The Kier molecular flexibility index (Phi) is 7.17. The Bertz CT molecular complexity index is 1140. The Morgan fingerprint density at radius 2 is 1.56 bits per heavy atom. The molecule has 1 aliphatic rings. The average molecular weight is 460 g/mol. The van der Waals surface area contributed by atoms with Gasteiger partial charge in [-0.25, -0.2) is 4.79 Å². The molecule has 2 aromatic carbocycles. The fraction of sp³-hybridized carbons (Fsp3) is 0.231. The van der Waals surface area contributed by atoms with Crippen molar-refractivity contribution in [3.63, 3.8) is 0 Å². The number of aliphatic carboxylic acids is 1. The Hall–Kier alpha value is -4.20. The van der Waals surface area contributed by atoms with Gasteiger partial charge in [0.1, 0.15) is 12.6 Å². The highest BCUT2D eigenvalue weighted by Crippen LogP contribution is 2.44. The third-order valence-electron chi connectivity index (χ3n) is 5.82. The van der Waals surface area contributed by atoms with Crippen molar-refractivity contribution >= 4 is 18.0 Å². The number of nitrogens with one attached hydrogen (secondary N) is 2. The number of alkyl carbamates (subject to hydrolysis) is 1. The molecule has 0 fully saturated rings. The number of pyridine rings is 1. The number of fused-ring (bicyclic) bond motifs is 3. The minimum absolute atomic E-state index is 0.0539. The molecule has 1 atom stereocenters. The van der Waals surface area contributed by atoms with Crippen molar-refractivity contribution in [3.05, 3.63) is 89.7 Å². The van der Waals surface area contributed by atoms with E-state index in [1.807, 2.05) is 48.5 Å². The second kappa shape index (κ2) is 10.6. The first kappa shape index (κ1) is 23.0. The number of hydrogen-bond donors (Lipinski definition) is 3. The number of carbonyl (C=O) groups excluding carboxylic acids is 2. The molecule has 8 heteroatoms. The maximum atomic E-state index is 12.7. The first-order chi connectivity index (χ1) is 16.5. The standard InChI is InChI=1S/C26H25N3O5/c30-24(31)10-9-23(25(32)28-15-17-11-13-27-14-12-17)29-26(33)34-16-22-20-7-3-1-5-18(20)19-6-2-4-8-21(19)22/h1-8,11-14,22-23H,9-10,15-16H2,(H,28,32)(H,29,33)(H,30,31). The zero-order valence-electron chi connectivity index (χ0n) is 18.4. The summed E-state index contributed by atoms with van der Waals surface area (Å²) in [6.45, 7) is 0.335. The van der Waals surface area contributed by atoms with Gasteiger partial charge in [0.25, 0.3) is 0 Å². The van der Waals surface area contributed by atoms with Crippen molar-refractivity contribution in [3.8, 4) is 11.1 Å². The molecule has 34 heavy (non-hydrogen) atoms. The molecule has 1 aromatic heterocycles. The van der Waals surface area contributed by atoms with E-state index in [1.54, 1.807) is 24.5 Å². The molecule has 0 bridgehead atoms. The highest BCUT2D eigenvalue weighted by atomic mass is 16.5. The van der Waals surface area contributed by atoms with Crippen LogP contribution in [0, 0.1) is 0 Å². The molecule has 0 radical (unpaired) electrons. The summed E-state index contributed by atoms with van der Waals surface area (Å²) in [5.74, 6) is -1.65. The van der Waals surface area contributed by atoms with Gasteiger partial charge >= 0.3 is 12.1 Å². The first-order valence-electron chi connectivity index (χ1n) is 11.0. The highest BCUT2D eigenvalue weighted by molar-refractivity contribution is 5.86. The second-order valence-electron chi connectivity index (χ2n) is 8.03. The first-order valence-corrected chi connectivity index (χ1v) is 11.0. The van der Waals surface area contributed by atoms with Crippen molar-refractivity contribution in [2.24, 2.45) is 0 Å². The van der Waals surface area contributed by atoms with Gasteiger partial charge in [-0.3, -0.25) is 14.6 Å². The topological polar surface area (TPSA) is 118 Å². The molecule has 0 saturated carbocycles. The Morgan fingerprint density at radius 3 is 2.18 bits per heavy atom. The molecule has 2 amide bonds. The van der Waals surface area contributed by atoms with E-state index >= 15 is 0 Å². The van der Waals surface area contributed by atoms with E-state index in [2.05, 4.69) is 15.6 Å². The maximum absolute atomic E-state index is 12.7. The fourth-order valence-corrected chi connectivity index (χ4v) is 4.13. The molecule has 8 nitrogen and oxygen atoms in total. The summed E-state index contributed by atoms with van der Waals surface area (Å²) < 4.78 is 5.50. The van der Waals surface area contributed by atoms with E-state index in [1.165, 1.54) is 0 Å². The zero-order valence-corrected chi connectivity index (χ0v) is 18.4. The predicted molar refractivity (Wildman–Crippen MR) is 125 cm³/mol. The van der Waals surface area contributed by atoms with Crippen LogP contribution in [-0.4, -0.2) is 40.7 Å². The summed E-state index contributed by atoms with van der Waals surface area (Å²) in [5.41, 5.74) is 5.22. The van der Waals surface area contributed by atoms with Crippen molar-refractivity contribution in [2.75, 3.05) is 6.61 Å². The molecule has 0 aliphatic heterocycles. The number of carboxylic acids is 1. The monoisotopic (exact) mass is 459 g/mol. The Balaban J connectivity index is 1.39. The van der Waals surface area contributed by atoms with Gasteiger partial charge in [0.15, 0.2) is 0 Å². The van der Waals surface area contributed by atoms with Gasteiger partial charge in [0, 0.05) is 31.3 Å². The Labute approximate surface area is 197 Å². The van der Waals surface area contributed by atoms with Crippen LogP contribution in [0.25, 0.3) is 11.1 Å². The van der Waals surface area contributed by atoms with E-state index in [9.17, 15) is 14.4 Å². The van der Waals surface area contributed by atoms with E-state index in [4.69, 9.17) is 9.84 Å².